The number of hydrogen-bond acceptors (Lipinski definition) is 2. The summed E-state index contributed by atoms with van der Waals surface area (Å²) in [7, 11) is 1.69. The molecule has 0 saturated carbocycles. The van der Waals surface area contributed by atoms with Crippen molar-refractivity contribution in [2.45, 2.75) is 6.54 Å². The van der Waals surface area contributed by atoms with Crippen LogP contribution in [0.2, 0.25) is 0 Å². The SMILES string of the molecule is CN1Cc2cncn2-c2ccc(F)cc2C1=O.Cl. The smallest absolute Gasteiger partial charge is 0.256 e. The van der Waals surface area contributed by atoms with Gasteiger partial charge in [-0.2, -0.15) is 0 Å². The molecule has 1 aliphatic heterocycles. The molecule has 0 bridgehead atoms. The summed E-state index contributed by atoms with van der Waals surface area (Å²) in [5, 5.41) is 0. The molecule has 0 N–H and O–H groups in total. The van der Waals surface area contributed by atoms with Gasteiger partial charge in [0.15, 0.2) is 0 Å². The highest BCUT2D eigenvalue weighted by molar-refractivity contribution is 5.98. The molecule has 94 valence electrons. The molecule has 0 saturated heterocycles. The van der Waals surface area contributed by atoms with E-state index in [9.17, 15) is 9.18 Å². The number of hydrogen-bond donors (Lipinski definition) is 0. The fraction of sp³-hybridized carbons (Fsp3) is 0.167. The first kappa shape index (κ1) is 12.6. The van der Waals surface area contributed by atoms with Crippen LogP contribution in [0.4, 0.5) is 4.39 Å². The molecule has 2 aromatic rings. The third-order valence-corrected chi connectivity index (χ3v) is 2.91. The van der Waals surface area contributed by atoms with Crippen LogP contribution in [-0.2, 0) is 6.54 Å². The van der Waals surface area contributed by atoms with Crippen molar-refractivity contribution in [1.82, 2.24) is 14.5 Å². The lowest BCUT2D eigenvalue weighted by Gasteiger charge is -2.13. The zero-order chi connectivity index (χ0) is 12.0. The Labute approximate surface area is 109 Å². The minimum absolute atomic E-state index is 0. The number of fused-ring (bicyclic) bond motifs is 3. The second-order valence-electron chi connectivity index (χ2n) is 4.08. The van der Waals surface area contributed by atoms with Crippen LogP contribution in [0.15, 0.2) is 30.7 Å². The molecule has 0 radical (unpaired) electrons. The van der Waals surface area contributed by atoms with Crippen molar-refractivity contribution in [2.75, 3.05) is 7.05 Å². The van der Waals surface area contributed by atoms with E-state index < -0.39 is 5.82 Å². The molecule has 1 aromatic heterocycles. The molecule has 0 atom stereocenters. The molecule has 1 amide bonds. The van der Waals surface area contributed by atoms with Crippen LogP contribution in [0, 0.1) is 5.82 Å². The minimum Gasteiger partial charge on any atom is -0.336 e. The predicted octanol–water partition coefficient (Wildman–Crippen LogP) is 2.02. The van der Waals surface area contributed by atoms with E-state index in [0.717, 1.165) is 5.69 Å². The van der Waals surface area contributed by atoms with E-state index in [1.165, 1.54) is 12.1 Å². The molecule has 0 fully saturated rings. The van der Waals surface area contributed by atoms with Crippen LogP contribution >= 0.6 is 12.4 Å². The van der Waals surface area contributed by atoms with Crippen molar-refractivity contribution in [1.29, 1.82) is 0 Å². The summed E-state index contributed by atoms with van der Waals surface area (Å²) in [6.07, 6.45) is 3.35. The molecule has 4 nitrogen and oxygen atoms in total. The van der Waals surface area contributed by atoms with Gasteiger partial charge in [-0.25, -0.2) is 9.37 Å². The number of amides is 1. The largest absolute Gasteiger partial charge is 0.336 e. The highest BCUT2D eigenvalue weighted by atomic mass is 35.5. The van der Waals surface area contributed by atoms with Crippen LogP contribution in [0.25, 0.3) is 5.69 Å². The predicted molar refractivity (Wildman–Crippen MR) is 66.6 cm³/mol. The van der Waals surface area contributed by atoms with E-state index in [4.69, 9.17) is 0 Å². The molecule has 18 heavy (non-hydrogen) atoms. The monoisotopic (exact) mass is 267 g/mol. The van der Waals surface area contributed by atoms with Gasteiger partial charge in [-0.05, 0) is 18.2 Å². The van der Waals surface area contributed by atoms with Gasteiger partial charge in [-0.3, -0.25) is 4.79 Å². The van der Waals surface area contributed by atoms with Gasteiger partial charge in [-0.15, -0.1) is 12.4 Å². The van der Waals surface area contributed by atoms with Gasteiger partial charge in [0.2, 0.25) is 0 Å². The first-order valence-electron chi connectivity index (χ1n) is 5.23. The Kier molecular flexibility index (Phi) is 3.09. The summed E-state index contributed by atoms with van der Waals surface area (Å²) in [6, 6.07) is 4.22. The Balaban J connectivity index is 0.00000120. The number of aromatic nitrogens is 2. The van der Waals surface area contributed by atoms with Crippen molar-refractivity contribution in [3.05, 3.63) is 47.8 Å². The summed E-state index contributed by atoms with van der Waals surface area (Å²) >= 11 is 0. The number of carbonyl (C=O) groups excluding carboxylic acids is 1. The fourth-order valence-corrected chi connectivity index (χ4v) is 2.07. The zero-order valence-electron chi connectivity index (χ0n) is 9.63. The molecular formula is C12H11ClFN3O. The van der Waals surface area contributed by atoms with E-state index >= 15 is 0 Å². The average Bonchev–Trinajstić information content (AvgIpc) is 2.72. The number of imidazole rings is 1. The second kappa shape index (κ2) is 4.42. The highest BCUT2D eigenvalue weighted by Gasteiger charge is 2.23. The summed E-state index contributed by atoms with van der Waals surface area (Å²) in [5.74, 6) is -0.586. The Bertz CT molecular complexity index is 611. The van der Waals surface area contributed by atoms with Gasteiger partial charge in [-0.1, -0.05) is 0 Å². The summed E-state index contributed by atoms with van der Waals surface area (Å²) < 4.78 is 15.0. The lowest BCUT2D eigenvalue weighted by Crippen LogP contribution is -2.24. The highest BCUT2D eigenvalue weighted by Crippen LogP contribution is 2.23. The van der Waals surface area contributed by atoms with Crippen molar-refractivity contribution >= 4 is 18.3 Å². The maximum atomic E-state index is 13.2. The van der Waals surface area contributed by atoms with E-state index in [-0.39, 0.29) is 18.3 Å². The fourth-order valence-electron chi connectivity index (χ4n) is 2.07. The van der Waals surface area contributed by atoms with Gasteiger partial charge in [0, 0.05) is 7.05 Å². The van der Waals surface area contributed by atoms with Crippen molar-refractivity contribution < 1.29 is 9.18 Å². The summed E-state index contributed by atoms with van der Waals surface area (Å²) in [5.41, 5.74) is 1.95. The van der Waals surface area contributed by atoms with E-state index in [1.807, 2.05) is 4.57 Å². The Morgan fingerprint density at radius 1 is 1.39 bits per heavy atom. The summed E-state index contributed by atoms with van der Waals surface area (Å²) in [4.78, 5) is 17.7. The molecule has 0 aliphatic carbocycles. The average molecular weight is 268 g/mol. The lowest BCUT2D eigenvalue weighted by atomic mass is 10.1. The van der Waals surface area contributed by atoms with Crippen molar-refractivity contribution in [3.63, 3.8) is 0 Å². The molecular weight excluding hydrogens is 257 g/mol. The molecule has 3 rings (SSSR count). The first-order valence-corrected chi connectivity index (χ1v) is 5.23. The maximum absolute atomic E-state index is 13.2. The normalized spacial score (nSPS) is 13.4. The van der Waals surface area contributed by atoms with Gasteiger partial charge in [0.25, 0.3) is 5.91 Å². The summed E-state index contributed by atoms with van der Waals surface area (Å²) in [6.45, 7) is 0.467. The Morgan fingerprint density at radius 2 is 2.17 bits per heavy atom. The van der Waals surface area contributed by atoms with Gasteiger partial charge in [0.05, 0.1) is 36.0 Å². The number of rotatable bonds is 0. The number of halogens is 2. The third-order valence-electron chi connectivity index (χ3n) is 2.91. The molecule has 2 heterocycles. The molecule has 6 heteroatoms. The lowest BCUT2D eigenvalue weighted by molar-refractivity contribution is 0.0787. The Morgan fingerprint density at radius 3 is 2.94 bits per heavy atom. The quantitative estimate of drug-likeness (QED) is 0.732. The van der Waals surface area contributed by atoms with E-state index in [2.05, 4.69) is 4.98 Å². The molecule has 0 spiro atoms. The van der Waals surface area contributed by atoms with Crippen molar-refractivity contribution in [2.24, 2.45) is 0 Å². The topological polar surface area (TPSA) is 38.1 Å². The maximum Gasteiger partial charge on any atom is 0.256 e. The molecule has 1 aliphatic rings. The second-order valence-corrected chi connectivity index (χ2v) is 4.08. The molecule has 1 aromatic carbocycles. The van der Waals surface area contributed by atoms with Gasteiger partial charge in [0.1, 0.15) is 5.82 Å². The standard InChI is InChI=1S/C12H10FN3O.ClH/c1-15-6-9-5-14-7-16(9)11-3-2-8(13)4-10(11)12(15)17;/h2-5,7H,6H2,1H3;1H. The van der Waals surface area contributed by atoms with Crippen molar-refractivity contribution in [3.8, 4) is 5.69 Å². The number of nitrogens with zero attached hydrogens (tertiary/aromatic N) is 3. The molecule has 0 unspecified atom stereocenters. The number of benzene rings is 1. The zero-order valence-corrected chi connectivity index (χ0v) is 10.4. The van der Waals surface area contributed by atoms with Crippen LogP contribution in [-0.4, -0.2) is 27.4 Å². The van der Waals surface area contributed by atoms with Crippen LogP contribution < -0.4 is 0 Å². The van der Waals surface area contributed by atoms with E-state index in [1.54, 1.807) is 30.5 Å². The first-order chi connectivity index (χ1) is 8.16. The van der Waals surface area contributed by atoms with E-state index in [0.29, 0.717) is 17.8 Å². The van der Waals surface area contributed by atoms with Crippen LogP contribution in [0.1, 0.15) is 16.1 Å². The van der Waals surface area contributed by atoms with Crippen LogP contribution in [0.5, 0.6) is 0 Å². The minimum atomic E-state index is -0.408. The third kappa shape index (κ3) is 1.76. The Hall–Kier alpha value is -1.88. The number of carbonyl (C=O) groups is 1. The van der Waals surface area contributed by atoms with Gasteiger partial charge < -0.3 is 9.47 Å². The van der Waals surface area contributed by atoms with Crippen LogP contribution in [0.3, 0.4) is 0 Å². The van der Waals surface area contributed by atoms with Gasteiger partial charge >= 0.3 is 0 Å².